The molecule has 1 N–H and O–H groups in total. The largest absolute Gasteiger partial charge is 0.485 e. The summed E-state index contributed by atoms with van der Waals surface area (Å²) in [6, 6.07) is 3.65. The Morgan fingerprint density at radius 2 is 2.21 bits per heavy atom. The van der Waals surface area contributed by atoms with E-state index >= 15 is 0 Å². The second kappa shape index (κ2) is 3.41. The highest BCUT2D eigenvalue weighted by Gasteiger charge is 2.33. The number of hydrogen-bond acceptors (Lipinski definition) is 3. The van der Waals surface area contributed by atoms with Gasteiger partial charge < -0.3 is 10.1 Å². The molecule has 1 fully saturated rings. The standard InChI is InChI=1S/C10H13ClN2O/c1-7-3-8(4-9(11)13-7)14-10(2)5-12-6-10/h3-4,12H,5-6H2,1-2H3. The Balaban J connectivity index is 2.16. The Hall–Kier alpha value is -0.800. The lowest BCUT2D eigenvalue weighted by molar-refractivity contribution is 0.0347. The Labute approximate surface area is 88.4 Å². The van der Waals surface area contributed by atoms with Crippen LogP contribution >= 0.6 is 11.6 Å². The van der Waals surface area contributed by atoms with Crippen molar-refractivity contribution >= 4 is 11.6 Å². The smallest absolute Gasteiger partial charge is 0.133 e. The van der Waals surface area contributed by atoms with Crippen molar-refractivity contribution in [3.8, 4) is 5.75 Å². The predicted molar refractivity (Wildman–Crippen MR) is 55.9 cm³/mol. The van der Waals surface area contributed by atoms with Gasteiger partial charge in [-0.3, -0.25) is 0 Å². The van der Waals surface area contributed by atoms with Gasteiger partial charge in [0.25, 0.3) is 0 Å². The van der Waals surface area contributed by atoms with Crippen LogP contribution in [-0.2, 0) is 0 Å². The van der Waals surface area contributed by atoms with E-state index in [-0.39, 0.29) is 5.60 Å². The molecular weight excluding hydrogens is 200 g/mol. The van der Waals surface area contributed by atoms with Crippen LogP contribution in [0.25, 0.3) is 0 Å². The van der Waals surface area contributed by atoms with E-state index in [4.69, 9.17) is 16.3 Å². The lowest BCUT2D eigenvalue weighted by atomic mass is 10.00. The molecule has 0 unspecified atom stereocenters. The number of hydrogen-bond donors (Lipinski definition) is 1. The van der Waals surface area contributed by atoms with Crippen molar-refractivity contribution in [1.82, 2.24) is 10.3 Å². The second-order valence-electron chi connectivity index (χ2n) is 3.92. The second-order valence-corrected chi connectivity index (χ2v) is 4.31. The molecule has 76 valence electrons. The first-order valence-electron chi connectivity index (χ1n) is 4.61. The molecule has 1 aromatic heterocycles. The lowest BCUT2D eigenvalue weighted by Crippen LogP contribution is -2.61. The minimum absolute atomic E-state index is 0.0862. The van der Waals surface area contributed by atoms with Gasteiger partial charge in [-0.15, -0.1) is 0 Å². The summed E-state index contributed by atoms with van der Waals surface area (Å²) in [5.41, 5.74) is 0.792. The maximum atomic E-state index is 5.83. The normalized spacial score (nSPS) is 18.8. The van der Waals surface area contributed by atoms with Crippen LogP contribution in [0.1, 0.15) is 12.6 Å². The Morgan fingerprint density at radius 3 is 2.71 bits per heavy atom. The quantitative estimate of drug-likeness (QED) is 0.759. The third-order valence-corrected chi connectivity index (χ3v) is 2.45. The molecule has 3 nitrogen and oxygen atoms in total. The van der Waals surface area contributed by atoms with Crippen LogP contribution in [0.5, 0.6) is 5.75 Å². The molecule has 0 radical (unpaired) electrons. The maximum Gasteiger partial charge on any atom is 0.133 e. The van der Waals surface area contributed by atoms with E-state index in [1.807, 2.05) is 13.0 Å². The maximum absolute atomic E-state index is 5.83. The van der Waals surface area contributed by atoms with Crippen molar-refractivity contribution < 1.29 is 4.74 Å². The van der Waals surface area contributed by atoms with Crippen molar-refractivity contribution in [2.75, 3.05) is 13.1 Å². The van der Waals surface area contributed by atoms with Crippen LogP contribution < -0.4 is 10.1 Å². The van der Waals surface area contributed by atoms with E-state index in [1.54, 1.807) is 6.07 Å². The Bertz CT molecular complexity index is 330. The summed E-state index contributed by atoms with van der Waals surface area (Å²) in [5, 5.41) is 3.66. The van der Waals surface area contributed by atoms with Gasteiger partial charge in [0.2, 0.25) is 0 Å². The van der Waals surface area contributed by atoms with Crippen molar-refractivity contribution in [3.63, 3.8) is 0 Å². The van der Waals surface area contributed by atoms with E-state index in [2.05, 4.69) is 17.2 Å². The van der Waals surface area contributed by atoms with Gasteiger partial charge in [-0.05, 0) is 13.8 Å². The Morgan fingerprint density at radius 1 is 1.50 bits per heavy atom. The SMILES string of the molecule is Cc1cc(OC2(C)CNC2)cc(Cl)n1. The number of aryl methyl sites for hydroxylation is 1. The number of nitrogens with zero attached hydrogens (tertiary/aromatic N) is 1. The highest BCUT2D eigenvalue weighted by Crippen LogP contribution is 2.24. The molecule has 0 amide bonds. The number of nitrogens with one attached hydrogen (secondary N) is 1. The van der Waals surface area contributed by atoms with E-state index in [9.17, 15) is 0 Å². The molecule has 0 aromatic carbocycles. The first kappa shape index (κ1) is 9.74. The minimum Gasteiger partial charge on any atom is -0.485 e. The molecule has 2 heterocycles. The van der Waals surface area contributed by atoms with E-state index in [0.29, 0.717) is 5.15 Å². The van der Waals surface area contributed by atoms with Crippen molar-refractivity contribution in [2.45, 2.75) is 19.4 Å². The molecule has 1 saturated heterocycles. The average molecular weight is 213 g/mol. The van der Waals surface area contributed by atoms with E-state index in [1.165, 1.54) is 0 Å². The first-order chi connectivity index (χ1) is 6.57. The summed E-state index contributed by atoms with van der Waals surface area (Å²) in [5.74, 6) is 0.798. The molecule has 1 aliphatic heterocycles. The number of ether oxygens (including phenoxy) is 1. The van der Waals surface area contributed by atoms with Crippen LogP contribution in [-0.4, -0.2) is 23.7 Å². The van der Waals surface area contributed by atoms with Crippen molar-refractivity contribution in [2.24, 2.45) is 0 Å². The fraction of sp³-hybridized carbons (Fsp3) is 0.500. The molecule has 14 heavy (non-hydrogen) atoms. The fourth-order valence-electron chi connectivity index (χ4n) is 1.49. The van der Waals surface area contributed by atoms with Gasteiger partial charge in [0.15, 0.2) is 0 Å². The van der Waals surface area contributed by atoms with Crippen LogP contribution in [0.2, 0.25) is 5.15 Å². The number of pyridine rings is 1. The fourth-order valence-corrected chi connectivity index (χ4v) is 1.73. The monoisotopic (exact) mass is 212 g/mol. The van der Waals surface area contributed by atoms with Gasteiger partial charge >= 0.3 is 0 Å². The molecule has 0 saturated carbocycles. The highest BCUT2D eigenvalue weighted by atomic mass is 35.5. The van der Waals surface area contributed by atoms with Crippen LogP contribution in [0.3, 0.4) is 0 Å². The molecule has 0 aliphatic carbocycles. The first-order valence-corrected chi connectivity index (χ1v) is 4.99. The summed E-state index contributed by atoms with van der Waals surface area (Å²) in [7, 11) is 0. The van der Waals surface area contributed by atoms with Crippen LogP contribution in [0.4, 0.5) is 0 Å². The minimum atomic E-state index is -0.0862. The van der Waals surface area contributed by atoms with Gasteiger partial charge in [-0.1, -0.05) is 11.6 Å². The molecular formula is C10H13ClN2O. The molecule has 0 bridgehead atoms. The van der Waals surface area contributed by atoms with E-state index < -0.39 is 0 Å². The number of rotatable bonds is 2. The molecule has 0 atom stereocenters. The van der Waals surface area contributed by atoms with Crippen molar-refractivity contribution in [3.05, 3.63) is 23.0 Å². The molecule has 2 rings (SSSR count). The van der Waals surface area contributed by atoms with Gasteiger partial charge in [0.1, 0.15) is 16.5 Å². The summed E-state index contributed by atoms with van der Waals surface area (Å²) in [6.45, 7) is 5.74. The van der Waals surface area contributed by atoms with E-state index in [0.717, 1.165) is 24.5 Å². The number of aromatic nitrogens is 1. The zero-order valence-corrected chi connectivity index (χ0v) is 9.06. The summed E-state index contributed by atoms with van der Waals surface area (Å²) < 4.78 is 5.81. The highest BCUT2D eigenvalue weighted by molar-refractivity contribution is 6.29. The molecule has 1 aliphatic rings. The van der Waals surface area contributed by atoms with Gasteiger partial charge in [-0.25, -0.2) is 4.98 Å². The van der Waals surface area contributed by atoms with Crippen molar-refractivity contribution in [1.29, 1.82) is 0 Å². The van der Waals surface area contributed by atoms with Crippen LogP contribution in [0.15, 0.2) is 12.1 Å². The predicted octanol–water partition coefficient (Wildman–Crippen LogP) is 1.78. The molecule has 0 spiro atoms. The zero-order valence-electron chi connectivity index (χ0n) is 8.30. The topological polar surface area (TPSA) is 34.1 Å². The lowest BCUT2D eigenvalue weighted by Gasteiger charge is -2.39. The zero-order chi connectivity index (χ0) is 10.2. The molecule has 1 aromatic rings. The third-order valence-electron chi connectivity index (χ3n) is 2.26. The van der Waals surface area contributed by atoms with Gasteiger partial charge in [-0.2, -0.15) is 0 Å². The molecule has 4 heteroatoms. The average Bonchev–Trinajstić information content (AvgIpc) is 1.99. The van der Waals surface area contributed by atoms with Gasteiger partial charge in [0, 0.05) is 30.9 Å². The number of halogens is 1. The third kappa shape index (κ3) is 1.99. The van der Waals surface area contributed by atoms with Crippen LogP contribution in [0, 0.1) is 6.92 Å². The summed E-state index contributed by atoms with van der Waals surface area (Å²) >= 11 is 5.83. The van der Waals surface area contributed by atoms with Gasteiger partial charge in [0.05, 0.1) is 0 Å². The summed E-state index contributed by atoms with van der Waals surface area (Å²) in [4.78, 5) is 4.08. The summed E-state index contributed by atoms with van der Waals surface area (Å²) in [6.07, 6.45) is 0. The Kier molecular flexibility index (Phi) is 2.37.